The van der Waals surface area contributed by atoms with Crippen molar-refractivity contribution in [2.45, 2.75) is 112 Å². The van der Waals surface area contributed by atoms with Gasteiger partial charge in [-0.1, -0.05) is 121 Å². The molecule has 1 aliphatic carbocycles. The van der Waals surface area contributed by atoms with Crippen LogP contribution in [0.25, 0.3) is 5.57 Å². The Morgan fingerprint density at radius 3 is 1.68 bits per heavy atom. The molecule has 0 atom stereocenters. The predicted molar refractivity (Wildman–Crippen MR) is 141 cm³/mol. The van der Waals surface area contributed by atoms with E-state index in [0.29, 0.717) is 0 Å². The highest BCUT2D eigenvalue weighted by atomic mass is 35.5. The van der Waals surface area contributed by atoms with E-state index >= 15 is 0 Å². The molecule has 0 bridgehead atoms. The van der Waals surface area contributed by atoms with Crippen LogP contribution >= 0.6 is 11.6 Å². The second-order valence-electron chi connectivity index (χ2n) is 9.08. The molecule has 0 fully saturated rings. The van der Waals surface area contributed by atoms with Gasteiger partial charge in [-0.2, -0.15) is 0 Å². The molecule has 0 radical (unpaired) electrons. The zero-order valence-corrected chi connectivity index (χ0v) is 21.8. The van der Waals surface area contributed by atoms with Crippen molar-refractivity contribution >= 4 is 17.2 Å². The van der Waals surface area contributed by atoms with Gasteiger partial charge in [0.25, 0.3) is 0 Å². The minimum Gasteiger partial charge on any atom is -0.0837 e. The Balaban J connectivity index is 2.97. The van der Waals surface area contributed by atoms with Crippen LogP contribution in [0, 0.1) is 5.41 Å². The first kappa shape index (κ1) is 26.0. The second kappa shape index (κ2) is 12.7. The first-order valence-corrected chi connectivity index (χ1v) is 13.4. The minimum atomic E-state index is 0.0246. The maximum absolute atomic E-state index is 6.87. The van der Waals surface area contributed by atoms with Gasteiger partial charge in [-0.05, 0) is 66.9 Å². The van der Waals surface area contributed by atoms with Gasteiger partial charge in [0.15, 0.2) is 0 Å². The van der Waals surface area contributed by atoms with Gasteiger partial charge < -0.3 is 0 Å². The highest BCUT2D eigenvalue weighted by molar-refractivity contribution is 6.32. The Bertz CT molecular complexity index is 773. The molecule has 172 valence electrons. The average Bonchev–Trinajstić information content (AvgIpc) is 2.98. The van der Waals surface area contributed by atoms with Crippen LogP contribution in [0.4, 0.5) is 0 Å². The topological polar surface area (TPSA) is 0 Å². The molecule has 0 saturated carbocycles. The molecule has 0 heterocycles. The number of hydrogen-bond donors (Lipinski definition) is 0. The molecular weight excluding hydrogens is 396 g/mol. The van der Waals surface area contributed by atoms with Crippen LogP contribution in [0.3, 0.4) is 0 Å². The molecule has 0 amide bonds. The van der Waals surface area contributed by atoms with Gasteiger partial charge >= 0.3 is 0 Å². The fraction of sp³-hybridized carbons (Fsp3) is 0.600. The highest BCUT2D eigenvalue weighted by Crippen LogP contribution is 2.62. The van der Waals surface area contributed by atoms with Crippen molar-refractivity contribution < 1.29 is 0 Å². The quantitative estimate of drug-likeness (QED) is 0.286. The lowest BCUT2D eigenvalue weighted by molar-refractivity contribution is 0.475. The maximum Gasteiger partial charge on any atom is 0.0481 e. The molecule has 0 aromatic heterocycles. The summed E-state index contributed by atoms with van der Waals surface area (Å²) in [4.78, 5) is 0. The number of allylic oxidation sites excluding steroid dienone is 6. The predicted octanol–water partition coefficient (Wildman–Crippen LogP) is 10.7. The average molecular weight is 441 g/mol. The summed E-state index contributed by atoms with van der Waals surface area (Å²) in [7, 11) is 0. The summed E-state index contributed by atoms with van der Waals surface area (Å²) in [5.41, 5.74) is 9.62. The van der Waals surface area contributed by atoms with Crippen LogP contribution in [0.5, 0.6) is 0 Å². The molecule has 31 heavy (non-hydrogen) atoms. The standard InChI is InChI=1S/C30H45Cl/c1-7-15-23-24(16-8-2)27(18-10-4)30(22-12-6,26(23)17-9-3)28(19-11-5)25-20-13-14-21-29(25)31/h13-14,19-21H,7-12,15-18,22H2,1-6H3/b28-19-. The fourth-order valence-electron chi connectivity index (χ4n) is 5.93. The van der Waals surface area contributed by atoms with E-state index < -0.39 is 0 Å². The summed E-state index contributed by atoms with van der Waals surface area (Å²) in [6.07, 6.45) is 15.6. The highest BCUT2D eigenvalue weighted by Gasteiger charge is 2.47. The van der Waals surface area contributed by atoms with Crippen LogP contribution < -0.4 is 0 Å². The summed E-state index contributed by atoms with van der Waals surface area (Å²) in [6, 6.07) is 8.55. The summed E-state index contributed by atoms with van der Waals surface area (Å²) in [5.74, 6) is 0. The Morgan fingerprint density at radius 1 is 0.742 bits per heavy atom. The van der Waals surface area contributed by atoms with Gasteiger partial charge in [-0.15, -0.1) is 0 Å². The first-order chi connectivity index (χ1) is 15.1. The van der Waals surface area contributed by atoms with Crippen molar-refractivity contribution in [2.24, 2.45) is 5.41 Å². The van der Waals surface area contributed by atoms with Crippen molar-refractivity contribution in [3.63, 3.8) is 0 Å². The molecule has 2 rings (SSSR count). The Hall–Kier alpha value is -1.27. The Kier molecular flexibility index (Phi) is 10.6. The summed E-state index contributed by atoms with van der Waals surface area (Å²) in [5, 5.41) is 0.894. The van der Waals surface area contributed by atoms with Crippen LogP contribution in [-0.4, -0.2) is 0 Å². The van der Waals surface area contributed by atoms with Gasteiger partial charge in [0, 0.05) is 10.4 Å². The monoisotopic (exact) mass is 440 g/mol. The smallest absolute Gasteiger partial charge is 0.0481 e. The molecule has 0 nitrogen and oxygen atoms in total. The SMILES string of the molecule is CC/C=C(/c1ccccc1Cl)C1(CCC)C(CCC)=C(CCC)C(CCC)=C1CCC. The third kappa shape index (κ3) is 5.22. The van der Waals surface area contributed by atoms with Crippen molar-refractivity contribution in [1.29, 1.82) is 0 Å². The fourth-order valence-corrected chi connectivity index (χ4v) is 6.17. The van der Waals surface area contributed by atoms with Gasteiger partial charge in [0.1, 0.15) is 0 Å². The number of halogens is 1. The van der Waals surface area contributed by atoms with Crippen molar-refractivity contribution in [1.82, 2.24) is 0 Å². The van der Waals surface area contributed by atoms with Crippen LogP contribution in [0.1, 0.15) is 118 Å². The third-order valence-corrected chi connectivity index (χ3v) is 7.11. The van der Waals surface area contributed by atoms with E-state index in [1.165, 1.54) is 75.3 Å². The molecular formula is C30H45Cl. The summed E-state index contributed by atoms with van der Waals surface area (Å²) < 4.78 is 0. The maximum atomic E-state index is 6.87. The lowest BCUT2D eigenvalue weighted by atomic mass is 9.63. The van der Waals surface area contributed by atoms with Gasteiger partial charge in [-0.25, -0.2) is 0 Å². The van der Waals surface area contributed by atoms with Gasteiger partial charge in [-0.3, -0.25) is 0 Å². The molecule has 0 spiro atoms. The number of hydrogen-bond acceptors (Lipinski definition) is 0. The van der Waals surface area contributed by atoms with Crippen molar-refractivity contribution in [3.05, 3.63) is 63.2 Å². The van der Waals surface area contributed by atoms with E-state index in [1.807, 2.05) is 0 Å². The van der Waals surface area contributed by atoms with Crippen LogP contribution in [0.2, 0.25) is 5.02 Å². The van der Waals surface area contributed by atoms with Gasteiger partial charge in [0.2, 0.25) is 0 Å². The largest absolute Gasteiger partial charge is 0.0837 e. The van der Waals surface area contributed by atoms with E-state index in [9.17, 15) is 0 Å². The summed E-state index contributed by atoms with van der Waals surface area (Å²) in [6.45, 7) is 14.0. The Labute approximate surface area is 197 Å². The number of rotatable bonds is 13. The molecule has 0 N–H and O–H groups in total. The first-order valence-electron chi connectivity index (χ1n) is 13.0. The Morgan fingerprint density at radius 2 is 1.26 bits per heavy atom. The molecule has 1 aromatic rings. The van der Waals surface area contributed by atoms with E-state index in [4.69, 9.17) is 11.6 Å². The molecule has 1 aliphatic rings. The van der Waals surface area contributed by atoms with Crippen LogP contribution in [-0.2, 0) is 0 Å². The molecule has 1 aromatic carbocycles. The normalized spacial score (nSPS) is 16.5. The minimum absolute atomic E-state index is 0.0246. The number of benzene rings is 1. The van der Waals surface area contributed by atoms with Crippen molar-refractivity contribution in [3.8, 4) is 0 Å². The molecule has 0 aliphatic heterocycles. The zero-order valence-electron chi connectivity index (χ0n) is 21.0. The summed E-state index contributed by atoms with van der Waals surface area (Å²) >= 11 is 6.87. The third-order valence-electron chi connectivity index (χ3n) is 6.78. The lowest BCUT2D eigenvalue weighted by Crippen LogP contribution is -2.27. The van der Waals surface area contributed by atoms with E-state index in [0.717, 1.165) is 11.4 Å². The van der Waals surface area contributed by atoms with E-state index in [-0.39, 0.29) is 5.41 Å². The second-order valence-corrected chi connectivity index (χ2v) is 9.48. The molecule has 1 heteroatoms. The molecule has 0 unspecified atom stereocenters. The van der Waals surface area contributed by atoms with E-state index in [1.54, 1.807) is 22.3 Å². The zero-order chi connectivity index (χ0) is 22.9. The van der Waals surface area contributed by atoms with E-state index in [2.05, 4.69) is 71.9 Å². The molecule has 0 saturated heterocycles. The van der Waals surface area contributed by atoms with Gasteiger partial charge in [0.05, 0.1) is 0 Å². The van der Waals surface area contributed by atoms with Crippen LogP contribution in [0.15, 0.2) is 52.6 Å². The van der Waals surface area contributed by atoms with Crippen molar-refractivity contribution in [2.75, 3.05) is 0 Å². The lowest BCUT2D eigenvalue weighted by Gasteiger charge is -2.40.